The van der Waals surface area contributed by atoms with Crippen molar-refractivity contribution in [3.8, 4) is 5.75 Å². The number of hydrogen-bond donors (Lipinski definition) is 0. The zero-order valence-electron chi connectivity index (χ0n) is 13.7. The lowest BCUT2D eigenvalue weighted by atomic mass is 10.1. The molecule has 0 saturated carbocycles. The fourth-order valence-corrected chi connectivity index (χ4v) is 2.73. The number of hydrogen-bond acceptors (Lipinski definition) is 3. The van der Waals surface area contributed by atoms with Gasteiger partial charge in [0.15, 0.2) is 0 Å². The largest absolute Gasteiger partial charge is 0.497 e. The van der Waals surface area contributed by atoms with Gasteiger partial charge in [-0.3, -0.25) is 9.78 Å². The van der Waals surface area contributed by atoms with Crippen molar-refractivity contribution in [1.82, 2.24) is 4.98 Å². The molecular formula is C20H17ClN2O2. The van der Waals surface area contributed by atoms with Crippen LogP contribution in [-0.4, -0.2) is 18.0 Å². The number of halogens is 1. The molecule has 1 heterocycles. The zero-order chi connectivity index (χ0) is 17.6. The van der Waals surface area contributed by atoms with Gasteiger partial charge in [-0.15, -0.1) is 0 Å². The van der Waals surface area contributed by atoms with Gasteiger partial charge in [0.05, 0.1) is 24.2 Å². The molecule has 0 aliphatic heterocycles. The highest BCUT2D eigenvalue weighted by Crippen LogP contribution is 2.26. The summed E-state index contributed by atoms with van der Waals surface area (Å²) in [7, 11) is 1.60. The van der Waals surface area contributed by atoms with Crippen LogP contribution in [0.1, 0.15) is 15.9 Å². The number of carbonyl (C=O) groups is 1. The Bertz CT molecular complexity index is 868. The number of methoxy groups -OCH3 is 1. The first-order chi connectivity index (χ1) is 12.2. The van der Waals surface area contributed by atoms with Crippen molar-refractivity contribution in [3.63, 3.8) is 0 Å². The highest BCUT2D eigenvalue weighted by molar-refractivity contribution is 6.34. The van der Waals surface area contributed by atoms with Crippen LogP contribution in [0.15, 0.2) is 73.1 Å². The van der Waals surface area contributed by atoms with E-state index in [0.29, 0.717) is 22.9 Å². The molecule has 0 N–H and O–H groups in total. The van der Waals surface area contributed by atoms with E-state index in [2.05, 4.69) is 4.98 Å². The molecule has 0 atom stereocenters. The van der Waals surface area contributed by atoms with Crippen molar-refractivity contribution in [2.75, 3.05) is 12.0 Å². The van der Waals surface area contributed by atoms with E-state index in [1.165, 1.54) is 0 Å². The van der Waals surface area contributed by atoms with Crippen molar-refractivity contribution >= 4 is 23.2 Å². The molecule has 4 nitrogen and oxygen atoms in total. The number of amides is 1. The number of benzene rings is 2. The number of nitrogens with zero attached hydrogens (tertiary/aromatic N) is 2. The third kappa shape index (κ3) is 3.98. The number of carbonyl (C=O) groups excluding carboxylic acids is 1. The Kier molecular flexibility index (Phi) is 5.31. The number of pyridine rings is 1. The molecule has 0 aliphatic carbocycles. The summed E-state index contributed by atoms with van der Waals surface area (Å²) in [6.45, 7) is 0.380. The highest BCUT2D eigenvalue weighted by Gasteiger charge is 2.20. The standard InChI is InChI=1S/C20H17ClN2O2/c1-25-17-8-4-7-16(12-17)23(14-15-6-5-11-22-13-15)20(24)18-9-2-3-10-19(18)21/h2-13H,14H2,1H3. The van der Waals surface area contributed by atoms with Gasteiger partial charge in [-0.1, -0.05) is 35.9 Å². The van der Waals surface area contributed by atoms with Crippen LogP contribution in [-0.2, 0) is 6.54 Å². The average molecular weight is 353 g/mol. The molecule has 1 aromatic heterocycles. The first-order valence-corrected chi connectivity index (χ1v) is 8.16. The van der Waals surface area contributed by atoms with E-state index < -0.39 is 0 Å². The minimum Gasteiger partial charge on any atom is -0.497 e. The Hall–Kier alpha value is -2.85. The summed E-state index contributed by atoms with van der Waals surface area (Å²) in [6, 6.07) is 18.2. The number of anilines is 1. The summed E-state index contributed by atoms with van der Waals surface area (Å²) in [5, 5.41) is 0.423. The van der Waals surface area contributed by atoms with E-state index in [1.807, 2.05) is 36.4 Å². The van der Waals surface area contributed by atoms with Gasteiger partial charge < -0.3 is 9.64 Å². The zero-order valence-corrected chi connectivity index (χ0v) is 14.5. The molecule has 1 amide bonds. The van der Waals surface area contributed by atoms with Gasteiger partial charge in [-0.2, -0.15) is 0 Å². The van der Waals surface area contributed by atoms with E-state index in [4.69, 9.17) is 16.3 Å². The summed E-state index contributed by atoms with van der Waals surface area (Å²) in [5.41, 5.74) is 2.11. The molecule has 3 rings (SSSR count). The van der Waals surface area contributed by atoms with Crippen LogP contribution in [0.25, 0.3) is 0 Å². The van der Waals surface area contributed by atoms with Gasteiger partial charge in [0.2, 0.25) is 0 Å². The van der Waals surface area contributed by atoms with Gasteiger partial charge in [-0.05, 0) is 35.9 Å². The molecule has 126 valence electrons. The minimum absolute atomic E-state index is 0.178. The van der Waals surface area contributed by atoms with Gasteiger partial charge in [0.1, 0.15) is 5.75 Å². The minimum atomic E-state index is -0.178. The Morgan fingerprint density at radius 1 is 1.12 bits per heavy atom. The molecule has 2 aromatic carbocycles. The normalized spacial score (nSPS) is 10.3. The van der Waals surface area contributed by atoms with E-state index in [-0.39, 0.29) is 5.91 Å². The molecular weight excluding hydrogens is 336 g/mol. The molecule has 0 unspecified atom stereocenters. The first-order valence-electron chi connectivity index (χ1n) is 7.78. The monoisotopic (exact) mass is 352 g/mol. The van der Waals surface area contributed by atoms with Crippen LogP contribution >= 0.6 is 11.6 Å². The summed E-state index contributed by atoms with van der Waals surface area (Å²) in [5.74, 6) is 0.503. The second-order valence-electron chi connectivity index (χ2n) is 5.43. The molecule has 0 spiro atoms. The fourth-order valence-electron chi connectivity index (χ4n) is 2.51. The summed E-state index contributed by atoms with van der Waals surface area (Å²) >= 11 is 6.23. The summed E-state index contributed by atoms with van der Waals surface area (Å²) in [6.07, 6.45) is 3.45. The molecule has 25 heavy (non-hydrogen) atoms. The topological polar surface area (TPSA) is 42.4 Å². The van der Waals surface area contributed by atoms with Gasteiger partial charge in [-0.25, -0.2) is 0 Å². The smallest absolute Gasteiger partial charge is 0.260 e. The number of rotatable bonds is 5. The van der Waals surface area contributed by atoms with E-state index in [1.54, 1.807) is 48.7 Å². The van der Waals surface area contributed by atoms with Crippen LogP contribution in [0.2, 0.25) is 5.02 Å². The van der Waals surface area contributed by atoms with Crippen LogP contribution in [0.5, 0.6) is 5.75 Å². The van der Waals surface area contributed by atoms with Crippen molar-refractivity contribution in [3.05, 3.63) is 89.2 Å². The lowest BCUT2D eigenvalue weighted by molar-refractivity contribution is 0.0985. The second-order valence-corrected chi connectivity index (χ2v) is 5.84. The van der Waals surface area contributed by atoms with Crippen LogP contribution in [0.3, 0.4) is 0 Å². The quantitative estimate of drug-likeness (QED) is 0.674. The van der Waals surface area contributed by atoms with Crippen LogP contribution < -0.4 is 9.64 Å². The Labute approximate surface area is 151 Å². The molecule has 0 saturated heterocycles. The molecule has 0 aliphatic rings. The van der Waals surface area contributed by atoms with E-state index >= 15 is 0 Å². The fraction of sp³-hybridized carbons (Fsp3) is 0.100. The third-order valence-corrected chi connectivity index (χ3v) is 4.11. The lowest BCUT2D eigenvalue weighted by Crippen LogP contribution is -2.30. The van der Waals surface area contributed by atoms with Crippen molar-refractivity contribution < 1.29 is 9.53 Å². The second kappa shape index (κ2) is 7.81. The SMILES string of the molecule is COc1cccc(N(Cc2cccnc2)C(=O)c2ccccc2Cl)c1. The van der Waals surface area contributed by atoms with Crippen molar-refractivity contribution in [2.24, 2.45) is 0 Å². The van der Waals surface area contributed by atoms with Crippen LogP contribution in [0.4, 0.5) is 5.69 Å². The maximum absolute atomic E-state index is 13.2. The van der Waals surface area contributed by atoms with Gasteiger partial charge in [0, 0.05) is 24.1 Å². The summed E-state index contributed by atoms with van der Waals surface area (Å²) < 4.78 is 5.29. The molecule has 5 heteroatoms. The van der Waals surface area contributed by atoms with Crippen molar-refractivity contribution in [1.29, 1.82) is 0 Å². The Morgan fingerprint density at radius 3 is 2.68 bits per heavy atom. The number of aromatic nitrogens is 1. The first kappa shape index (κ1) is 17.0. The number of ether oxygens (including phenoxy) is 1. The highest BCUT2D eigenvalue weighted by atomic mass is 35.5. The maximum atomic E-state index is 13.2. The summed E-state index contributed by atoms with van der Waals surface area (Å²) in [4.78, 5) is 18.9. The third-order valence-electron chi connectivity index (χ3n) is 3.78. The van der Waals surface area contributed by atoms with E-state index in [9.17, 15) is 4.79 Å². The predicted molar refractivity (Wildman–Crippen MR) is 99.2 cm³/mol. The van der Waals surface area contributed by atoms with Gasteiger partial charge in [0.25, 0.3) is 5.91 Å². The average Bonchev–Trinajstić information content (AvgIpc) is 2.67. The van der Waals surface area contributed by atoms with Gasteiger partial charge >= 0.3 is 0 Å². The maximum Gasteiger partial charge on any atom is 0.260 e. The Balaban J connectivity index is 2.02. The molecule has 3 aromatic rings. The van der Waals surface area contributed by atoms with E-state index in [0.717, 1.165) is 11.3 Å². The molecule has 0 bridgehead atoms. The van der Waals surface area contributed by atoms with Crippen LogP contribution in [0, 0.1) is 0 Å². The lowest BCUT2D eigenvalue weighted by Gasteiger charge is -2.24. The van der Waals surface area contributed by atoms with Crippen molar-refractivity contribution in [2.45, 2.75) is 6.54 Å². The predicted octanol–water partition coefficient (Wildman–Crippen LogP) is 4.59. The Morgan fingerprint density at radius 2 is 1.96 bits per heavy atom. The molecule has 0 fully saturated rings. The molecule has 0 radical (unpaired) electrons.